The van der Waals surface area contributed by atoms with Crippen molar-refractivity contribution < 1.29 is 9.84 Å². The van der Waals surface area contributed by atoms with Crippen LogP contribution in [-0.4, -0.2) is 36.8 Å². The molecule has 0 radical (unpaired) electrons. The quantitative estimate of drug-likeness (QED) is 0.728. The summed E-state index contributed by atoms with van der Waals surface area (Å²) in [6, 6.07) is 5.93. The molecule has 1 N–H and O–H groups in total. The highest BCUT2D eigenvalue weighted by Crippen LogP contribution is 2.34. The number of hydrogen-bond acceptors (Lipinski definition) is 3. The van der Waals surface area contributed by atoms with E-state index in [1.54, 1.807) is 6.07 Å². The van der Waals surface area contributed by atoms with Crippen LogP contribution in [0, 0.1) is 0 Å². The molecule has 0 saturated heterocycles. The maximum absolute atomic E-state index is 9.54. The van der Waals surface area contributed by atoms with Crippen LogP contribution in [0.1, 0.15) is 5.56 Å². The van der Waals surface area contributed by atoms with Crippen LogP contribution in [0.2, 0.25) is 0 Å². The minimum atomic E-state index is 0.250. The molecule has 0 spiro atoms. The largest absolute Gasteiger partial charge is 0.504 e. The Kier molecular flexibility index (Phi) is 2.33. The molecule has 3 heteroatoms. The summed E-state index contributed by atoms with van der Waals surface area (Å²) in [5, 5.41) is 9.54. The number of benzene rings is 1. The molecule has 0 fully saturated rings. The van der Waals surface area contributed by atoms with Crippen LogP contribution < -0.4 is 4.74 Å². The van der Waals surface area contributed by atoms with Gasteiger partial charge in [-0.15, -0.1) is 0 Å². The Labute approximate surface area is 83.9 Å². The highest BCUT2D eigenvalue weighted by molar-refractivity contribution is 5.47. The Hall–Kier alpha value is -1.22. The van der Waals surface area contributed by atoms with Crippen molar-refractivity contribution in [3.63, 3.8) is 0 Å². The SMILES string of the molecule is CN(C)[C@H]1COc2c(O)cccc2C1. The van der Waals surface area contributed by atoms with Gasteiger partial charge in [-0.2, -0.15) is 0 Å². The molecule has 1 aliphatic rings. The molecule has 1 aliphatic heterocycles. The molecule has 14 heavy (non-hydrogen) atoms. The molecule has 1 atom stereocenters. The predicted molar refractivity (Wildman–Crippen MR) is 54.8 cm³/mol. The van der Waals surface area contributed by atoms with E-state index in [0.29, 0.717) is 18.4 Å². The van der Waals surface area contributed by atoms with Crippen molar-refractivity contribution in [2.24, 2.45) is 0 Å². The zero-order chi connectivity index (χ0) is 10.1. The molecular formula is C11H15NO2. The standard InChI is InChI=1S/C11H15NO2/c1-12(2)9-6-8-4-3-5-10(13)11(8)14-7-9/h3-5,9,13H,6-7H2,1-2H3/t9-/m1/s1. The smallest absolute Gasteiger partial charge is 0.164 e. The minimum absolute atomic E-state index is 0.250. The van der Waals surface area contributed by atoms with Crippen LogP contribution in [0.25, 0.3) is 0 Å². The second-order valence-electron chi connectivity index (χ2n) is 3.90. The van der Waals surface area contributed by atoms with Gasteiger partial charge < -0.3 is 14.7 Å². The van der Waals surface area contributed by atoms with Gasteiger partial charge in [-0.05, 0) is 32.1 Å². The molecule has 76 valence electrons. The second-order valence-corrected chi connectivity index (χ2v) is 3.90. The summed E-state index contributed by atoms with van der Waals surface area (Å²) in [5.74, 6) is 0.908. The Morgan fingerprint density at radius 3 is 2.93 bits per heavy atom. The van der Waals surface area contributed by atoms with Crippen molar-refractivity contribution in [3.8, 4) is 11.5 Å². The van der Waals surface area contributed by atoms with Gasteiger partial charge in [0.05, 0.1) is 0 Å². The number of aromatic hydroxyl groups is 1. The normalized spacial score (nSPS) is 20.4. The van der Waals surface area contributed by atoms with Gasteiger partial charge in [0.15, 0.2) is 11.5 Å². The number of rotatable bonds is 1. The van der Waals surface area contributed by atoms with E-state index in [0.717, 1.165) is 12.0 Å². The fraction of sp³-hybridized carbons (Fsp3) is 0.455. The van der Waals surface area contributed by atoms with E-state index in [1.807, 2.05) is 26.2 Å². The molecule has 1 heterocycles. The lowest BCUT2D eigenvalue weighted by Gasteiger charge is -2.30. The number of nitrogens with zero attached hydrogens (tertiary/aromatic N) is 1. The molecule has 0 amide bonds. The summed E-state index contributed by atoms with van der Waals surface area (Å²) in [6.07, 6.45) is 0.941. The zero-order valence-electron chi connectivity index (χ0n) is 8.53. The highest BCUT2D eigenvalue weighted by Gasteiger charge is 2.22. The first-order chi connectivity index (χ1) is 6.68. The fourth-order valence-corrected chi connectivity index (χ4v) is 1.72. The van der Waals surface area contributed by atoms with Crippen LogP contribution >= 0.6 is 0 Å². The number of phenolic OH excluding ortho intramolecular Hbond substituents is 1. The lowest BCUT2D eigenvalue weighted by Crippen LogP contribution is -2.38. The first-order valence-corrected chi connectivity index (χ1v) is 4.78. The monoisotopic (exact) mass is 193 g/mol. The topological polar surface area (TPSA) is 32.7 Å². The zero-order valence-corrected chi connectivity index (χ0v) is 8.53. The lowest BCUT2D eigenvalue weighted by atomic mass is 10.0. The number of para-hydroxylation sites is 1. The Morgan fingerprint density at radius 1 is 1.43 bits per heavy atom. The Balaban J connectivity index is 2.27. The van der Waals surface area contributed by atoms with E-state index in [-0.39, 0.29) is 5.75 Å². The average molecular weight is 193 g/mol. The first kappa shape index (κ1) is 9.34. The van der Waals surface area contributed by atoms with Gasteiger partial charge in [-0.1, -0.05) is 12.1 Å². The molecule has 0 aliphatic carbocycles. The van der Waals surface area contributed by atoms with Crippen LogP contribution in [-0.2, 0) is 6.42 Å². The van der Waals surface area contributed by atoms with Crippen LogP contribution in [0.4, 0.5) is 0 Å². The Bertz CT molecular complexity index is 336. The Morgan fingerprint density at radius 2 is 2.21 bits per heavy atom. The van der Waals surface area contributed by atoms with Gasteiger partial charge in [0.2, 0.25) is 0 Å². The fourth-order valence-electron chi connectivity index (χ4n) is 1.72. The van der Waals surface area contributed by atoms with Crippen LogP contribution in [0.5, 0.6) is 11.5 Å². The van der Waals surface area contributed by atoms with Gasteiger partial charge >= 0.3 is 0 Å². The van der Waals surface area contributed by atoms with Crippen molar-refractivity contribution in [2.45, 2.75) is 12.5 Å². The van der Waals surface area contributed by atoms with E-state index in [9.17, 15) is 5.11 Å². The molecular weight excluding hydrogens is 178 g/mol. The molecule has 0 saturated carbocycles. The van der Waals surface area contributed by atoms with Crippen molar-refractivity contribution in [3.05, 3.63) is 23.8 Å². The number of ether oxygens (including phenoxy) is 1. The molecule has 2 rings (SSSR count). The molecule has 0 aromatic heterocycles. The molecule has 1 aromatic carbocycles. The summed E-state index contributed by atoms with van der Waals surface area (Å²) in [6.45, 7) is 0.650. The molecule has 3 nitrogen and oxygen atoms in total. The summed E-state index contributed by atoms with van der Waals surface area (Å²) >= 11 is 0. The first-order valence-electron chi connectivity index (χ1n) is 4.78. The van der Waals surface area contributed by atoms with Gasteiger partial charge in [0.25, 0.3) is 0 Å². The molecule has 0 bridgehead atoms. The highest BCUT2D eigenvalue weighted by atomic mass is 16.5. The predicted octanol–water partition coefficient (Wildman–Crippen LogP) is 1.26. The summed E-state index contributed by atoms with van der Waals surface area (Å²) < 4.78 is 5.54. The summed E-state index contributed by atoms with van der Waals surface area (Å²) in [5.41, 5.74) is 1.09. The summed E-state index contributed by atoms with van der Waals surface area (Å²) in [7, 11) is 4.09. The van der Waals surface area contributed by atoms with E-state index in [1.165, 1.54) is 0 Å². The third-order valence-corrected chi connectivity index (χ3v) is 2.68. The maximum Gasteiger partial charge on any atom is 0.164 e. The van der Waals surface area contributed by atoms with Crippen molar-refractivity contribution in [1.29, 1.82) is 0 Å². The third-order valence-electron chi connectivity index (χ3n) is 2.68. The van der Waals surface area contributed by atoms with Gasteiger partial charge in [-0.25, -0.2) is 0 Å². The molecule has 0 unspecified atom stereocenters. The number of hydrogen-bond donors (Lipinski definition) is 1. The van der Waals surface area contributed by atoms with Crippen molar-refractivity contribution >= 4 is 0 Å². The van der Waals surface area contributed by atoms with Crippen LogP contribution in [0.3, 0.4) is 0 Å². The summed E-state index contributed by atoms with van der Waals surface area (Å²) in [4.78, 5) is 2.15. The number of fused-ring (bicyclic) bond motifs is 1. The van der Waals surface area contributed by atoms with Gasteiger partial charge in [0.1, 0.15) is 6.61 Å². The number of phenols is 1. The number of likely N-dealkylation sites (N-methyl/N-ethyl adjacent to an activating group) is 1. The van der Waals surface area contributed by atoms with E-state index in [2.05, 4.69) is 4.90 Å². The lowest BCUT2D eigenvalue weighted by molar-refractivity contribution is 0.160. The third kappa shape index (κ3) is 1.55. The minimum Gasteiger partial charge on any atom is -0.504 e. The van der Waals surface area contributed by atoms with Gasteiger partial charge in [0, 0.05) is 6.04 Å². The van der Waals surface area contributed by atoms with E-state index >= 15 is 0 Å². The van der Waals surface area contributed by atoms with Crippen molar-refractivity contribution in [1.82, 2.24) is 4.90 Å². The van der Waals surface area contributed by atoms with Crippen molar-refractivity contribution in [2.75, 3.05) is 20.7 Å². The van der Waals surface area contributed by atoms with Crippen LogP contribution in [0.15, 0.2) is 18.2 Å². The average Bonchev–Trinajstić information content (AvgIpc) is 2.17. The van der Waals surface area contributed by atoms with E-state index < -0.39 is 0 Å². The van der Waals surface area contributed by atoms with E-state index in [4.69, 9.17) is 4.74 Å². The second kappa shape index (κ2) is 3.50. The van der Waals surface area contributed by atoms with Gasteiger partial charge in [-0.3, -0.25) is 0 Å². The molecule has 1 aromatic rings. The maximum atomic E-state index is 9.54.